The molecular formula is C12H18O2S. The molecule has 0 aliphatic heterocycles. The summed E-state index contributed by atoms with van der Waals surface area (Å²) in [6.07, 6.45) is 3.82. The van der Waals surface area contributed by atoms with Crippen LogP contribution in [-0.2, 0) is 4.74 Å². The van der Waals surface area contributed by atoms with Gasteiger partial charge in [-0.1, -0.05) is 12.8 Å². The molecular weight excluding hydrogens is 208 g/mol. The van der Waals surface area contributed by atoms with Gasteiger partial charge >= 0.3 is 0 Å². The van der Waals surface area contributed by atoms with Crippen molar-refractivity contribution in [2.24, 2.45) is 0 Å². The molecule has 0 amide bonds. The summed E-state index contributed by atoms with van der Waals surface area (Å²) >= 11 is 1.67. The minimum absolute atomic E-state index is 0.322. The van der Waals surface area contributed by atoms with Gasteiger partial charge in [0.2, 0.25) is 0 Å². The van der Waals surface area contributed by atoms with Crippen LogP contribution in [0.4, 0.5) is 0 Å². The van der Waals surface area contributed by atoms with Crippen LogP contribution in [0.3, 0.4) is 0 Å². The van der Waals surface area contributed by atoms with E-state index in [4.69, 9.17) is 4.74 Å². The number of methoxy groups -OCH3 is 1. The first-order chi connectivity index (χ1) is 7.18. The fourth-order valence-electron chi connectivity index (χ4n) is 2.42. The standard InChI is InChI=1S/C12H18O2S/c1-9-5-6-10(15-9)11(13)12(14-2)7-3-4-8-12/h5-6,11,13H,3-4,7-8H2,1-2H3. The van der Waals surface area contributed by atoms with Crippen molar-refractivity contribution in [3.8, 4) is 0 Å². The number of hydrogen-bond donors (Lipinski definition) is 1. The second-order valence-corrected chi connectivity index (χ2v) is 5.65. The Hall–Kier alpha value is -0.380. The van der Waals surface area contributed by atoms with Crippen LogP contribution in [-0.4, -0.2) is 17.8 Å². The van der Waals surface area contributed by atoms with Gasteiger partial charge in [0.25, 0.3) is 0 Å². The van der Waals surface area contributed by atoms with Gasteiger partial charge in [-0.15, -0.1) is 11.3 Å². The van der Waals surface area contributed by atoms with Crippen molar-refractivity contribution in [3.63, 3.8) is 0 Å². The number of hydrogen-bond acceptors (Lipinski definition) is 3. The van der Waals surface area contributed by atoms with Crippen LogP contribution in [0, 0.1) is 6.92 Å². The highest BCUT2D eigenvalue weighted by Gasteiger charge is 2.42. The van der Waals surface area contributed by atoms with Crippen LogP contribution >= 0.6 is 11.3 Å². The quantitative estimate of drug-likeness (QED) is 0.858. The Kier molecular flexibility index (Phi) is 3.14. The van der Waals surface area contributed by atoms with Crippen molar-refractivity contribution < 1.29 is 9.84 Å². The van der Waals surface area contributed by atoms with Gasteiger partial charge in [0.15, 0.2) is 0 Å². The van der Waals surface area contributed by atoms with E-state index in [0.717, 1.165) is 30.6 Å². The fraction of sp³-hybridized carbons (Fsp3) is 0.667. The van der Waals surface area contributed by atoms with E-state index < -0.39 is 6.10 Å². The van der Waals surface area contributed by atoms with E-state index in [1.807, 2.05) is 6.07 Å². The van der Waals surface area contributed by atoms with Crippen molar-refractivity contribution in [3.05, 3.63) is 21.9 Å². The van der Waals surface area contributed by atoms with Crippen LogP contribution < -0.4 is 0 Å². The molecule has 15 heavy (non-hydrogen) atoms. The van der Waals surface area contributed by atoms with Gasteiger partial charge in [0, 0.05) is 16.9 Å². The summed E-state index contributed by atoms with van der Waals surface area (Å²) in [5.74, 6) is 0. The summed E-state index contributed by atoms with van der Waals surface area (Å²) in [5.41, 5.74) is -0.322. The third kappa shape index (κ3) is 1.96. The van der Waals surface area contributed by atoms with E-state index in [-0.39, 0.29) is 5.60 Å². The van der Waals surface area contributed by atoms with Crippen LogP contribution in [0.15, 0.2) is 12.1 Å². The van der Waals surface area contributed by atoms with Crippen molar-refractivity contribution in [2.45, 2.75) is 44.3 Å². The van der Waals surface area contributed by atoms with Gasteiger partial charge in [0.05, 0.1) is 5.60 Å². The summed E-state index contributed by atoms with van der Waals surface area (Å²) < 4.78 is 5.58. The maximum Gasteiger partial charge on any atom is 0.117 e. The molecule has 1 saturated carbocycles. The average molecular weight is 226 g/mol. The van der Waals surface area contributed by atoms with Crippen LogP contribution in [0.2, 0.25) is 0 Å². The molecule has 1 aromatic heterocycles. The number of ether oxygens (including phenoxy) is 1. The first-order valence-electron chi connectivity index (χ1n) is 5.47. The van der Waals surface area contributed by atoms with Crippen molar-refractivity contribution in [2.75, 3.05) is 7.11 Å². The van der Waals surface area contributed by atoms with E-state index in [1.54, 1.807) is 18.4 Å². The zero-order valence-corrected chi connectivity index (χ0v) is 10.1. The lowest BCUT2D eigenvalue weighted by atomic mass is 9.93. The van der Waals surface area contributed by atoms with Gasteiger partial charge in [-0.2, -0.15) is 0 Å². The molecule has 1 aromatic rings. The molecule has 0 bridgehead atoms. The molecule has 1 aliphatic rings. The Bertz CT molecular complexity index is 326. The number of aliphatic hydroxyl groups is 1. The molecule has 2 rings (SSSR count). The Labute approximate surface area is 94.9 Å². The molecule has 0 saturated heterocycles. The van der Waals surface area contributed by atoms with Crippen molar-refractivity contribution in [1.29, 1.82) is 0 Å². The molecule has 2 nitrogen and oxygen atoms in total. The number of aryl methyl sites for hydroxylation is 1. The van der Waals surface area contributed by atoms with Crippen molar-refractivity contribution >= 4 is 11.3 Å². The van der Waals surface area contributed by atoms with Crippen molar-refractivity contribution in [1.82, 2.24) is 0 Å². The lowest BCUT2D eigenvalue weighted by Gasteiger charge is -2.32. The Balaban J connectivity index is 2.21. The first kappa shape index (κ1) is 11.1. The largest absolute Gasteiger partial charge is 0.385 e. The van der Waals surface area contributed by atoms with E-state index in [2.05, 4.69) is 13.0 Å². The molecule has 1 N–H and O–H groups in total. The lowest BCUT2D eigenvalue weighted by Crippen LogP contribution is -2.35. The minimum Gasteiger partial charge on any atom is -0.385 e. The van der Waals surface area contributed by atoms with Gasteiger partial charge in [-0.25, -0.2) is 0 Å². The highest BCUT2D eigenvalue weighted by molar-refractivity contribution is 7.12. The first-order valence-corrected chi connectivity index (χ1v) is 6.29. The van der Waals surface area contributed by atoms with Crippen LogP contribution in [0.1, 0.15) is 41.5 Å². The SMILES string of the molecule is COC1(C(O)c2ccc(C)s2)CCCC1. The zero-order valence-electron chi connectivity index (χ0n) is 9.32. The maximum absolute atomic E-state index is 10.4. The summed E-state index contributed by atoms with van der Waals surface area (Å²) in [4.78, 5) is 2.28. The number of rotatable bonds is 3. The van der Waals surface area contributed by atoms with E-state index >= 15 is 0 Å². The highest BCUT2D eigenvalue weighted by atomic mass is 32.1. The highest BCUT2D eigenvalue weighted by Crippen LogP contribution is 2.43. The Morgan fingerprint density at radius 1 is 1.40 bits per heavy atom. The molecule has 1 atom stereocenters. The minimum atomic E-state index is -0.455. The molecule has 1 unspecified atom stereocenters. The molecule has 1 fully saturated rings. The predicted molar refractivity (Wildman–Crippen MR) is 62.2 cm³/mol. The fourth-order valence-corrected chi connectivity index (χ4v) is 3.39. The number of thiophene rings is 1. The second kappa shape index (κ2) is 4.24. The summed E-state index contributed by atoms with van der Waals surface area (Å²) in [6.45, 7) is 2.06. The zero-order chi connectivity index (χ0) is 10.9. The molecule has 0 aromatic carbocycles. The molecule has 0 radical (unpaired) electrons. The molecule has 3 heteroatoms. The summed E-state index contributed by atoms with van der Waals surface area (Å²) in [5, 5.41) is 10.4. The topological polar surface area (TPSA) is 29.5 Å². The molecule has 1 aliphatic carbocycles. The summed E-state index contributed by atoms with van der Waals surface area (Å²) in [6, 6.07) is 4.07. The molecule has 0 spiro atoms. The lowest BCUT2D eigenvalue weighted by molar-refractivity contribution is -0.0987. The van der Waals surface area contributed by atoms with E-state index in [1.165, 1.54) is 4.88 Å². The third-order valence-corrected chi connectivity index (χ3v) is 4.44. The van der Waals surface area contributed by atoms with Crippen LogP contribution in [0.25, 0.3) is 0 Å². The van der Waals surface area contributed by atoms with Gasteiger partial charge in [0.1, 0.15) is 6.10 Å². The van der Waals surface area contributed by atoms with E-state index in [0.29, 0.717) is 0 Å². The van der Waals surface area contributed by atoms with Gasteiger partial charge in [-0.3, -0.25) is 0 Å². The maximum atomic E-state index is 10.4. The smallest absolute Gasteiger partial charge is 0.117 e. The predicted octanol–water partition coefficient (Wildman–Crippen LogP) is 3.05. The van der Waals surface area contributed by atoms with E-state index in [9.17, 15) is 5.11 Å². The third-order valence-electron chi connectivity index (χ3n) is 3.39. The Morgan fingerprint density at radius 3 is 2.53 bits per heavy atom. The summed E-state index contributed by atoms with van der Waals surface area (Å²) in [7, 11) is 1.72. The monoisotopic (exact) mass is 226 g/mol. The second-order valence-electron chi connectivity index (χ2n) is 4.33. The van der Waals surface area contributed by atoms with Gasteiger partial charge < -0.3 is 9.84 Å². The van der Waals surface area contributed by atoms with Crippen LogP contribution in [0.5, 0.6) is 0 Å². The molecule has 84 valence electrons. The average Bonchev–Trinajstić information content (AvgIpc) is 2.86. The molecule has 1 heterocycles. The van der Waals surface area contributed by atoms with Gasteiger partial charge in [-0.05, 0) is 31.9 Å². The number of aliphatic hydroxyl groups excluding tert-OH is 1. The Morgan fingerprint density at radius 2 is 2.07 bits per heavy atom. The normalized spacial score (nSPS) is 21.8.